The molecule has 0 atom stereocenters. The van der Waals surface area contributed by atoms with E-state index in [0.29, 0.717) is 26.9 Å². The van der Waals surface area contributed by atoms with E-state index in [-0.39, 0.29) is 12.4 Å². The fraction of sp³-hybridized carbons (Fsp3) is 0.125. The van der Waals surface area contributed by atoms with Gasteiger partial charge in [-0.05, 0) is 36.8 Å². The normalized spacial score (nSPS) is 10.8. The van der Waals surface area contributed by atoms with Crippen LogP contribution < -0.4 is 10.2 Å². The van der Waals surface area contributed by atoms with Gasteiger partial charge in [0.05, 0.1) is 11.2 Å². The maximum absolute atomic E-state index is 11.7. The zero-order chi connectivity index (χ0) is 17.7. The number of nitrogens with one attached hydrogen (secondary N) is 1. The average Bonchev–Trinajstić information content (AvgIpc) is 2.52. The second kappa shape index (κ2) is 8.37. The lowest BCUT2D eigenvalue weighted by Crippen LogP contribution is -2.24. The number of phenols is 1. The lowest BCUT2D eigenvalue weighted by molar-refractivity contribution is -0.123. The highest BCUT2D eigenvalue weighted by Gasteiger charge is 2.07. The molecule has 2 aromatic carbocycles. The molecule has 0 spiro atoms. The second-order valence-electron chi connectivity index (χ2n) is 4.82. The molecular formula is C16H13BrCl2N2O3. The third kappa shape index (κ3) is 5.12. The number of ether oxygens (including phenoxy) is 1. The zero-order valence-electron chi connectivity index (χ0n) is 12.5. The summed E-state index contributed by atoms with van der Waals surface area (Å²) in [6.45, 7) is 1.49. The van der Waals surface area contributed by atoms with Gasteiger partial charge in [0.15, 0.2) is 6.61 Å². The van der Waals surface area contributed by atoms with Crippen molar-refractivity contribution < 1.29 is 14.6 Å². The minimum absolute atomic E-state index is 0.0955. The van der Waals surface area contributed by atoms with Gasteiger partial charge < -0.3 is 9.84 Å². The van der Waals surface area contributed by atoms with Crippen LogP contribution >= 0.6 is 39.1 Å². The van der Waals surface area contributed by atoms with Gasteiger partial charge in [-0.2, -0.15) is 5.10 Å². The third-order valence-corrected chi connectivity index (χ3v) is 3.94. The summed E-state index contributed by atoms with van der Waals surface area (Å²) in [4.78, 5) is 11.7. The number of aryl methyl sites for hydroxylation is 1. The number of rotatable bonds is 5. The highest BCUT2D eigenvalue weighted by atomic mass is 79.9. The fourth-order valence-corrected chi connectivity index (χ4v) is 2.72. The van der Waals surface area contributed by atoms with Gasteiger partial charge in [0, 0.05) is 21.1 Å². The summed E-state index contributed by atoms with van der Waals surface area (Å²) in [5.41, 5.74) is 3.47. The number of hydrogen-bond acceptors (Lipinski definition) is 4. The Kier molecular flexibility index (Phi) is 6.48. The topological polar surface area (TPSA) is 70.9 Å². The number of hydrogen-bond donors (Lipinski definition) is 2. The van der Waals surface area contributed by atoms with Crippen molar-refractivity contribution in [1.29, 1.82) is 0 Å². The van der Waals surface area contributed by atoms with Crippen LogP contribution in [0.3, 0.4) is 0 Å². The fourth-order valence-electron chi connectivity index (χ4n) is 1.80. The quantitative estimate of drug-likeness (QED) is 0.547. The molecule has 2 rings (SSSR count). The van der Waals surface area contributed by atoms with Crippen molar-refractivity contribution in [2.45, 2.75) is 6.92 Å². The number of carbonyl (C=O) groups excluding carboxylic acids is 1. The molecule has 0 aliphatic heterocycles. The van der Waals surface area contributed by atoms with E-state index in [4.69, 9.17) is 27.9 Å². The van der Waals surface area contributed by atoms with E-state index in [1.165, 1.54) is 12.3 Å². The molecule has 2 aromatic rings. The standard InChI is InChI=1S/C16H13BrCl2N2O3/c1-9-4-11(17)5-10(16(9)23)7-20-21-15(22)8-24-14-6-12(18)2-3-13(14)19/h2-7,23H,8H2,1H3,(H,21,22)/b20-7+. The molecule has 0 saturated heterocycles. The van der Waals surface area contributed by atoms with Gasteiger partial charge in [-0.3, -0.25) is 4.79 Å². The maximum atomic E-state index is 11.7. The monoisotopic (exact) mass is 430 g/mol. The Morgan fingerprint density at radius 3 is 2.88 bits per heavy atom. The van der Waals surface area contributed by atoms with Crippen molar-refractivity contribution >= 4 is 51.3 Å². The Morgan fingerprint density at radius 2 is 2.12 bits per heavy atom. The predicted molar refractivity (Wildman–Crippen MR) is 98.2 cm³/mol. The van der Waals surface area contributed by atoms with Crippen molar-refractivity contribution in [3.05, 3.63) is 56.0 Å². The van der Waals surface area contributed by atoms with E-state index in [2.05, 4.69) is 26.5 Å². The van der Waals surface area contributed by atoms with Crippen LogP contribution in [0.15, 0.2) is 39.9 Å². The van der Waals surface area contributed by atoms with Crippen LogP contribution in [-0.4, -0.2) is 23.8 Å². The molecule has 1 amide bonds. The summed E-state index contributed by atoms with van der Waals surface area (Å²) < 4.78 is 6.08. The highest BCUT2D eigenvalue weighted by molar-refractivity contribution is 9.10. The Labute approximate surface area is 157 Å². The van der Waals surface area contributed by atoms with Gasteiger partial charge in [-0.15, -0.1) is 0 Å². The van der Waals surface area contributed by atoms with E-state index in [0.717, 1.165) is 4.47 Å². The number of benzene rings is 2. The summed E-state index contributed by atoms with van der Waals surface area (Å²) in [6.07, 6.45) is 1.34. The first-order chi connectivity index (χ1) is 11.4. The zero-order valence-corrected chi connectivity index (χ0v) is 15.6. The largest absolute Gasteiger partial charge is 0.507 e. The number of aromatic hydroxyl groups is 1. The number of amides is 1. The lowest BCUT2D eigenvalue weighted by atomic mass is 10.1. The highest BCUT2D eigenvalue weighted by Crippen LogP contribution is 2.27. The molecule has 24 heavy (non-hydrogen) atoms. The number of nitrogens with zero attached hydrogens (tertiary/aromatic N) is 1. The number of carbonyl (C=O) groups is 1. The minimum Gasteiger partial charge on any atom is -0.507 e. The molecule has 0 heterocycles. The van der Waals surface area contributed by atoms with Gasteiger partial charge in [-0.25, -0.2) is 5.43 Å². The molecule has 5 nitrogen and oxygen atoms in total. The van der Waals surface area contributed by atoms with E-state index in [1.807, 2.05) is 0 Å². The van der Waals surface area contributed by atoms with Crippen LogP contribution in [0.4, 0.5) is 0 Å². The van der Waals surface area contributed by atoms with E-state index in [9.17, 15) is 9.90 Å². The first kappa shape index (κ1) is 18.6. The molecule has 0 aliphatic rings. The summed E-state index contributed by atoms with van der Waals surface area (Å²) in [5.74, 6) is -0.0739. The molecular weight excluding hydrogens is 419 g/mol. The van der Waals surface area contributed by atoms with Gasteiger partial charge in [0.2, 0.25) is 0 Å². The first-order valence-electron chi connectivity index (χ1n) is 6.75. The average molecular weight is 432 g/mol. The molecule has 126 valence electrons. The van der Waals surface area contributed by atoms with Crippen molar-refractivity contribution in [3.63, 3.8) is 0 Å². The van der Waals surface area contributed by atoms with Gasteiger partial charge in [0.25, 0.3) is 5.91 Å². The van der Waals surface area contributed by atoms with Gasteiger partial charge >= 0.3 is 0 Å². The third-order valence-electron chi connectivity index (χ3n) is 2.94. The number of hydrazone groups is 1. The van der Waals surface area contributed by atoms with Crippen LogP contribution in [0.1, 0.15) is 11.1 Å². The Morgan fingerprint density at radius 1 is 1.38 bits per heavy atom. The van der Waals surface area contributed by atoms with Crippen molar-refractivity contribution in [3.8, 4) is 11.5 Å². The lowest BCUT2D eigenvalue weighted by Gasteiger charge is -2.07. The summed E-state index contributed by atoms with van der Waals surface area (Å²) in [6, 6.07) is 8.16. The molecule has 0 fully saturated rings. The molecule has 0 unspecified atom stereocenters. The van der Waals surface area contributed by atoms with E-state index < -0.39 is 5.91 Å². The Hall–Kier alpha value is -1.76. The minimum atomic E-state index is -0.478. The van der Waals surface area contributed by atoms with Crippen molar-refractivity contribution in [1.82, 2.24) is 5.43 Å². The van der Waals surface area contributed by atoms with Crippen LogP contribution in [0, 0.1) is 6.92 Å². The summed E-state index contributed by atoms with van der Waals surface area (Å²) in [7, 11) is 0. The van der Waals surface area contributed by atoms with Crippen molar-refractivity contribution in [2.24, 2.45) is 5.10 Å². The van der Waals surface area contributed by atoms with Crippen LogP contribution in [-0.2, 0) is 4.79 Å². The van der Waals surface area contributed by atoms with E-state index in [1.54, 1.807) is 31.2 Å². The van der Waals surface area contributed by atoms with Gasteiger partial charge in [-0.1, -0.05) is 39.1 Å². The number of halogens is 3. The molecule has 0 bridgehead atoms. The Balaban J connectivity index is 1.93. The molecule has 0 aliphatic carbocycles. The van der Waals surface area contributed by atoms with Crippen LogP contribution in [0.2, 0.25) is 10.0 Å². The van der Waals surface area contributed by atoms with Gasteiger partial charge in [0.1, 0.15) is 11.5 Å². The Bertz CT molecular complexity index is 797. The van der Waals surface area contributed by atoms with E-state index >= 15 is 0 Å². The first-order valence-corrected chi connectivity index (χ1v) is 8.30. The molecule has 0 saturated carbocycles. The van der Waals surface area contributed by atoms with Crippen LogP contribution in [0.5, 0.6) is 11.5 Å². The molecule has 0 radical (unpaired) electrons. The van der Waals surface area contributed by atoms with Crippen molar-refractivity contribution in [2.75, 3.05) is 6.61 Å². The smallest absolute Gasteiger partial charge is 0.277 e. The summed E-state index contributed by atoms with van der Waals surface area (Å²) in [5, 5.41) is 14.5. The molecule has 2 N–H and O–H groups in total. The number of phenolic OH excluding ortho intramolecular Hbond substituents is 1. The maximum Gasteiger partial charge on any atom is 0.277 e. The summed E-state index contributed by atoms with van der Waals surface area (Å²) >= 11 is 15.1. The molecule has 8 heteroatoms. The SMILES string of the molecule is Cc1cc(Br)cc(/C=N/NC(=O)COc2cc(Cl)ccc2Cl)c1O. The van der Waals surface area contributed by atoms with Crippen LogP contribution in [0.25, 0.3) is 0 Å². The molecule has 0 aromatic heterocycles. The predicted octanol–water partition coefficient (Wildman–Crippen LogP) is 4.30. The second-order valence-corrected chi connectivity index (χ2v) is 6.58.